The lowest BCUT2D eigenvalue weighted by Gasteiger charge is -2.02. The van der Waals surface area contributed by atoms with E-state index in [1.165, 1.54) is 11.1 Å². The van der Waals surface area contributed by atoms with Crippen molar-refractivity contribution in [2.45, 2.75) is 33.7 Å². The first-order valence-electron chi connectivity index (χ1n) is 6.29. The molecular weight excluding hydrogens is 242 g/mol. The molecule has 0 aliphatic rings. The van der Waals surface area contributed by atoms with Crippen LogP contribution in [0.4, 0.5) is 0 Å². The summed E-state index contributed by atoms with van der Waals surface area (Å²) in [5.74, 6) is 0. The molecule has 1 N–H and O–H groups in total. The van der Waals surface area contributed by atoms with Gasteiger partial charge in [-0.25, -0.2) is 4.98 Å². The van der Waals surface area contributed by atoms with E-state index >= 15 is 0 Å². The van der Waals surface area contributed by atoms with Gasteiger partial charge in [0.05, 0.1) is 5.69 Å². The second-order valence-corrected chi connectivity index (χ2v) is 5.36. The quantitative estimate of drug-likeness (QED) is 0.839. The Labute approximate surface area is 112 Å². The molecule has 96 valence electrons. The molecule has 4 heteroatoms. The Hall–Kier alpha value is -1.26. The molecule has 0 aliphatic carbocycles. The van der Waals surface area contributed by atoms with Crippen molar-refractivity contribution in [2.75, 3.05) is 6.54 Å². The van der Waals surface area contributed by atoms with Crippen LogP contribution in [-0.4, -0.2) is 16.5 Å². The molecule has 0 saturated heterocycles. The molecule has 3 nitrogen and oxygen atoms in total. The number of aromatic nitrogens is 2. The van der Waals surface area contributed by atoms with Gasteiger partial charge in [0.1, 0.15) is 10.7 Å². The Morgan fingerprint density at radius 1 is 1.33 bits per heavy atom. The molecule has 0 aliphatic heterocycles. The largest absolute Gasteiger partial charge is 0.311 e. The van der Waals surface area contributed by atoms with E-state index < -0.39 is 0 Å². The van der Waals surface area contributed by atoms with Crippen molar-refractivity contribution in [3.05, 3.63) is 34.5 Å². The molecule has 0 amide bonds. The first-order valence-corrected chi connectivity index (χ1v) is 7.17. The summed E-state index contributed by atoms with van der Waals surface area (Å²) in [7, 11) is 0. The van der Waals surface area contributed by atoms with E-state index in [0.29, 0.717) is 0 Å². The molecule has 0 aromatic carbocycles. The van der Waals surface area contributed by atoms with Crippen LogP contribution in [-0.2, 0) is 6.54 Å². The third kappa shape index (κ3) is 3.15. The van der Waals surface area contributed by atoms with Crippen LogP contribution in [0, 0.1) is 13.8 Å². The molecule has 18 heavy (non-hydrogen) atoms. The maximum Gasteiger partial charge on any atom is 0.142 e. The molecule has 0 saturated carbocycles. The molecule has 0 radical (unpaired) electrons. The van der Waals surface area contributed by atoms with E-state index in [4.69, 9.17) is 0 Å². The van der Waals surface area contributed by atoms with Crippen LogP contribution in [0.5, 0.6) is 0 Å². The summed E-state index contributed by atoms with van der Waals surface area (Å²) in [6, 6.07) is 2.15. The van der Waals surface area contributed by atoms with Crippen LogP contribution in [0.1, 0.15) is 30.2 Å². The number of rotatable bonds is 5. The topological polar surface area (TPSA) is 37.8 Å². The summed E-state index contributed by atoms with van der Waals surface area (Å²) < 4.78 is 0. The highest BCUT2D eigenvalue weighted by Crippen LogP contribution is 2.25. The molecule has 0 atom stereocenters. The van der Waals surface area contributed by atoms with E-state index in [1.807, 2.05) is 6.20 Å². The van der Waals surface area contributed by atoms with Gasteiger partial charge in [0.15, 0.2) is 0 Å². The third-order valence-electron chi connectivity index (χ3n) is 2.70. The lowest BCUT2D eigenvalue weighted by molar-refractivity contribution is 0.667. The zero-order valence-corrected chi connectivity index (χ0v) is 12.0. The van der Waals surface area contributed by atoms with Crippen LogP contribution < -0.4 is 5.32 Å². The van der Waals surface area contributed by atoms with E-state index in [-0.39, 0.29) is 0 Å². The van der Waals surface area contributed by atoms with Crippen molar-refractivity contribution in [2.24, 2.45) is 0 Å². The predicted molar refractivity (Wildman–Crippen MR) is 76.8 cm³/mol. The van der Waals surface area contributed by atoms with E-state index in [0.717, 1.165) is 35.9 Å². The fourth-order valence-electron chi connectivity index (χ4n) is 1.83. The SMILES string of the molecule is CCCNCc1csc(-c2ncc(C)cc2C)n1. The number of aryl methyl sites for hydroxylation is 2. The normalized spacial score (nSPS) is 10.8. The Morgan fingerprint density at radius 2 is 2.17 bits per heavy atom. The zero-order valence-electron chi connectivity index (χ0n) is 11.2. The summed E-state index contributed by atoms with van der Waals surface area (Å²) in [5, 5.41) is 6.49. The van der Waals surface area contributed by atoms with Crippen molar-refractivity contribution in [1.29, 1.82) is 0 Å². The smallest absolute Gasteiger partial charge is 0.142 e. The second kappa shape index (κ2) is 6.07. The Balaban J connectivity index is 2.13. The molecule has 2 rings (SSSR count). The fourth-order valence-corrected chi connectivity index (χ4v) is 2.71. The Bertz CT molecular complexity index is 520. The molecule has 0 bridgehead atoms. The van der Waals surface area contributed by atoms with Crippen molar-refractivity contribution < 1.29 is 0 Å². The molecule has 2 heterocycles. The molecule has 2 aromatic heterocycles. The molecular formula is C14H19N3S. The van der Waals surface area contributed by atoms with Gasteiger partial charge >= 0.3 is 0 Å². The molecule has 0 unspecified atom stereocenters. The van der Waals surface area contributed by atoms with Gasteiger partial charge in [-0.2, -0.15) is 0 Å². The number of pyridine rings is 1. The van der Waals surface area contributed by atoms with E-state index in [9.17, 15) is 0 Å². The van der Waals surface area contributed by atoms with Crippen molar-refractivity contribution in [3.8, 4) is 10.7 Å². The van der Waals surface area contributed by atoms with Gasteiger partial charge in [-0.1, -0.05) is 13.0 Å². The number of hydrogen-bond acceptors (Lipinski definition) is 4. The van der Waals surface area contributed by atoms with Crippen LogP contribution in [0.25, 0.3) is 10.7 Å². The summed E-state index contributed by atoms with van der Waals surface area (Å²) in [4.78, 5) is 9.12. The standard InChI is InChI=1S/C14H19N3S/c1-4-5-15-8-12-9-18-14(17-12)13-11(3)6-10(2)7-16-13/h6-7,9,15H,4-5,8H2,1-3H3. The number of hydrogen-bond donors (Lipinski definition) is 1. The summed E-state index contributed by atoms with van der Waals surface area (Å²) in [5.41, 5.74) is 4.49. The number of nitrogens with one attached hydrogen (secondary N) is 1. The number of thiazole rings is 1. The minimum Gasteiger partial charge on any atom is -0.311 e. The van der Waals surface area contributed by atoms with Gasteiger partial charge in [-0.3, -0.25) is 4.98 Å². The maximum absolute atomic E-state index is 4.64. The average molecular weight is 261 g/mol. The highest BCUT2D eigenvalue weighted by atomic mass is 32.1. The molecule has 2 aromatic rings. The van der Waals surface area contributed by atoms with Gasteiger partial charge in [-0.05, 0) is 37.9 Å². The summed E-state index contributed by atoms with van der Waals surface area (Å²) in [6.45, 7) is 8.19. The van der Waals surface area contributed by atoms with Crippen molar-refractivity contribution in [3.63, 3.8) is 0 Å². The first kappa shape index (κ1) is 13.2. The average Bonchev–Trinajstić information content (AvgIpc) is 2.78. The van der Waals surface area contributed by atoms with Gasteiger partial charge in [0, 0.05) is 18.1 Å². The summed E-state index contributed by atoms with van der Waals surface area (Å²) >= 11 is 1.67. The van der Waals surface area contributed by atoms with Crippen LogP contribution in [0.2, 0.25) is 0 Å². The van der Waals surface area contributed by atoms with Gasteiger partial charge < -0.3 is 5.32 Å². The van der Waals surface area contributed by atoms with E-state index in [2.05, 4.69) is 47.5 Å². The van der Waals surface area contributed by atoms with Crippen molar-refractivity contribution in [1.82, 2.24) is 15.3 Å². The van der Waals surface area contributed by atoms with Crippen LogP contribution >= 0.6 is 11.3 Å². The first-order chi connectivity index (χ1) is 8.70. The van der Waals surface area contributed by atoms with Gasteiger partial charge in [-0.15, -0.1) is 11.3 Å². The molecule has 0 fully saturated rings. The zero-order chi connectivity index (χ0) is 13.0. The minimum absolute atomic E-state index is 0.843. The van der Waals surface area contributed by atoms with Crippen LogP contribution in [0.15, 0.2) is 17.6 Å². The van der Waals surface area contributed by atoms with Crippen molar-refractivity contribution >= 4 is 11.3 Å². The maximum atomic E-state index is 4.64. The Morgan fingerprint density at radius 3 is 2.89 bits per heavy atom. The highest BCUT2D eigenvalue weighted by molar-refractivity contribution is 7.13. The van der Waals surface area contributed by atoms with Gasteiger partial charge in [0.25, 0.3) is 0 Å². The minimum atomic E-state index is 0.843. The van der Waals surface area contributed by atoms with E-state index in [1.54, 1.807) is 11.3 Å². The second-order valence-electron chi connectivity index (χ2n) is 4.50. The Kier molecular flexibility index (Phi) is 4.44. The number of nitrogens with zero attached hydrogens (tertiary/aromatic N) is 2. The predicted octanol–water partition coefficient (Wildman–Crippen LogP) is 3.32. The molecule has 0 spiro atoms. The summed E-state index contributed by atoms with van der Waals surface area (Å²) in [6.07, 6.45) is 3.05. The highest BCUT2D eigenvalue weighted by Gasteiger charge is 2.08. The monoisotopic (exact) mass is 261 g/mol. The lowest BCUT2D eigenvalue weighted by Crippen LogP contribution is -2.13. The van der Waals surface area contributed by atoms with Gasteiger partial charge in [0.2, 0.25) is 0 Å². The fraction of sp³-hybridized carbons (Fsp3) is 0.429. The van der Waals surface area contributed by atoms with Crippen LogP contribution in [0.3, 0.4) is 0 Å². The lowest BCUT2D eigenvalue weighted by atomic mass is 10.2. The third-order valence-corrected chi connectivity index (χ3v) is 3.60.